The maximum atomic E-state index is 13.6. The van der Waals surface area contributed by atoms with E-state index in [2.05, 4.69) is 6.07 Å². The predicted octanol–water partition coefficient (Wildman–Crippen LogP) is 4.32. The van der Waals surface area contributed by atoms with Gasteiger partial charge < -0.3 is 5.73 Å². The molecule has 2 aliphatic carbocycles. The summed E-state index contributed by atoms with van der Waals surface area (Å²) in [5.41, 5.74) is 8.43. The standard InChI is InChI=1S/C22H22ClN3O/c23-18-7-2-5-15(13-18)14-4-1-6-17(12-14)22(16-10-11-16)20(27)26(21(24)25-22)19-8-3-9-19/h1-2,4-7,12-13,16,19H,3,8-11H2,(H2,24,25). The van der Waals surface area contributed by atoms with E-state index in [0.717, 1.165) is 48.8 Å². The lowest BCUT2D eigenvalue weighted by atomic mass is 9.82. The van der Waals surface area contributed by atoms with Crippen molar-refractivity contribution in [3.8, 4) is 11.1 Å². The number of carbonyl (C=O) groups excluding carboxylic acids is 1. The largest absolute Gasteiger partial charge is 0.369 e. The quantitative estimate of drug-likeness (QED) is 0.859. The Kier molecular flexibility index (Phi) is 3.80. The summed E-state index contributed by atoms with van der Waals surface area (Å²) in [6.07, 6.45) is 5.23. The van der Waals surface area contributed by atoms with Crippen LogP contribution in [0.2, 0.25) is 5.02 Å². The average Bonchev–Trinajstić information content (AvgIpc) is 3.44. The molecule has 5 rings (SSSR count). The second kappa shape index (κ2) is 6.10. The number of guanidine groups is 1. The van der Waals surface area contributed by atoms with Crippen molar-refractivity contribution in [1.82, 2.24) is 4.90 Å². The maximum Gasteiger partial charge on any atom is 0.262 e. The molecule has 5 heteroatoms. The van der Waals surface area contributed by atoms with Gasteiger partial charge in [-0.3, -0.25) is 9.69 Å². The van der Waals surface area contributed by atoms with Gasteiger partial charge in [-0.15, -0.1) is 0 Å². The van der Waals surface area contributed by atoms with Crippen LogP contribution in [0.5, 0.6) is 0 Å². The molecule has 2 saturated carbocycles. The van der Waals surface area contributed by atoms with Gasteiger partial charge in [0.25, 0.3) is 5.91 Å². The highest BCUT2D eigenvalue weighted by molar-refractivity contribution is 6.30. The van der Waals surface area contributed by atoms with E-state index in [1.165, 1.54) is 0 Å². The molecule has 2 fully saturated rings. The first-order chi connectivity index (χ1) is 13.1. The Morgan fingerprint density at radius 3 is 2.37 bits per heavy atom. The Morgan fingerprint density at radius 1 is 1.04 bits per heavy atom. The van der Waals surface area contributed by atoms with Crippen LogP contribution in [0.1, 0.15) is 37.7 Å². The van der Waals surface area contributed by atoms with Gasteiger partial charge in [-0.1, -0.05) is 41.9 Å². The van der Waals surface area contributed by atoms with Gasteiger partial charge >= 0.3 is 0 Å². The maximum absolute atomic E-state index is 13.6. The van der Waals surface area contributed by atoms with Crippen LogP contribution < -0.4 is 5.73 Å². The average molecular weight is 380 g/mol. The second-order valence-corrected chi connectivity index (χ2v) is 8.30. The second-order valence-electron chi connectivity index (χ2n) is 7.86. The SMILES string of the molecule is NC1=NC(c2cccc(-c3cccc(Cl)c3)c2)(C2CC2)C(=O)N1C1CCC1. The van der Waals surface area contributed by atoms with Crippen LogP contribution >= 0.6 is 11.6 Å². The van der Waals surface area contributed by atoms with Crippen LogP contribution in [0.15, 0.2) is 53.5 Å². The molecule has 4 nitrogen and oxygen atoms in total. The van der Waals surface area contributed by atoms with Crippen LogP contribution in [-0.4, -0.2) is 22.8 Å². The van der Waals surface area contributed by atoms with Crippen LogP contribution in [0.25, 0.3) is 11.1 Å². The van der Waals surface area contributed by atoms with Crippen molar-refractivity contribution in [2.45, 2.75) is 43.7 Å². The summed E-state index contributed by atoms with van der Waals surface area (Å²) in [6.45, 7) is 0. The number of benzene rings is 2. The number of rotatable bonds is 4. The van der Waals surface area contributed by atoms with Crippen LogP contribution in [0.4, 0.5) is 0 Å². The normalized spacial score (nSPS) is 25.4. The molecule has 138 valence electrons. The minimum Gasteiger partial charge on any atom is -0.369 e. The Morgan fingerprint density at radius 2 is 1.74 bits per heavy atom. The van der Waals surface area contributed by atoms with Crippen molar-refractivity contribution in [3.63, 3.8) is 0 Å². The predicted molar refractivity (Wildman–Crippen MR) is 107 cm³/mol. The summed E-state index contributed by atoms with van der Waals surface area (Å²) >= 11 is 6.17. The lowest BCUT2D eigenvalue weighted by Gasteiger charge is -2.36. The number of hydrogen-bond acceptors (Lipinski definition) is 3. The molecule has 1 heterocycles. The van der Waals surface area contributed by atoms with Gasteiger partial charge in [0.05, 0.1) is 0 Å². The summed E-state index contributed by atoms with van der Waals surface area (Å²) in [5.74, 6) is 0.698. The highest BCUT2D eigenvalue weighted by atomic mass is 35.5. The third-order valence-corrected chi connectivity index (χ3v) is 6.39. The third-order valence-electron chi connectivity index (χ3n) is 6.15. The first-order valence-electron chi connectivity index (χ1n) is 9.65. The fraction of sp³-hybridized carbons (Fsp3) is 0.364. The zero-order valence-corrected chi connectivity index (χ0v) is 15.8. The van der Waals surface area contributed by atoms with Gasteiger partial charge in [0.1, 0.15) is 0 Å². The molecule has 0 radical (unpaired) electrons. The molecule has 0 spiro atoms. The van der Waals surface area contributed by atoms with Crippen LogP contribution in [0.3, 0.4) is 0 Å². The molecule has 2 aromatic carbocycles. The van der Waals surface area contributed by atoms with E-state index in [9.17, 15) is 4.79 Å². The molecule has 0 aromatic heterocycles. The van der Waals surface area contributed by atoms with Gasteiger partial charge in [-0.25, -0.2) is 4.99 Å². The van der Waals surface area contributed by atoms with Crippen molar-refractivity contribution in [1.29, 1.82) is 0 Å². The van der Waals surface area contributed by atoms with Gasteiger partial charge in [0.15, 0.2) is 11.5 Å². The van der Waals surface area contributed by atoms with Gasteiger partial charge in [-0.05, 0) is 72.9 Å². The van der Waals surface area contributed by atoms with E-state index in [4.69, 9.17) is 22.3 Å². The van der Waals surface area contributed by atoms with Crippen LogP contribution in [-0.2, 0) is 10.3 Å². The first kappa shape index (κ1) is 16.8. The summed E-state index contributed by atoms with van der Waals surface area (Å²) < 4.78 is 0. The summed E-state index contributed by atoms with van der Waals surface area (Å²) in [4.78, 5) is 20.2. The minimum absolute atomic E-state index is 0.0652. The molecule has 0 bridgehead atoms. The van der Waals surface area contributed by atoms with E-state index in [0.29, 0.717) is 11.0 Å². The van der Waals surface area contributed by atoms with Crippen molar-refractivity contribution < 1.29 is 4.79 Å². The molecule has 2 aromatic rings. The van der Waals surface area contributed by atoms with E-state index in [1.807, 2.05) is 42.5 Å². The number of hydrogen-bond donors (Lipinski definition) is 1. The monoisotopic (exact) mass is 379 g/mol. The summed E-state index contributed by atoms with van der Waals surface area (Å²) in [5, 5.41) is 0.699. The summed E-state index contributed by atoms with van der Waals surface area (Å²) in [7, 11) is 0. The Labute approximate surface area is 164 Å². The van der Waals surface area contributed by atoms with Gasteiger partial charge in [-0.2, -0.15) is 0 Å². The zero-order chi connectivity index (χ0) is 18.6. The molecule has 3 aliphatic rings. The fourth-order valence-electron chi connectivity index (χ4n) is 4.36. The highest BCUT2D eigenvalue weighted by Gasteiger charge is 2.59. The Bertz CT molecular complexity index is 948. The van der Waals surface area contributed by atoms with E-state index in [1.54, 1.807) is 4.90 Å². The van der Waals surface area contributed by atoms with E-state index < -0.39 is 5.54 Å². The third kappa shape index (κ3) is 2.58. The number of nitrogens with two attached hydrogens (primary N) is 1. The number of amides is 1. The molecule has 1 amide bonds. The number of halogens is 1. The molecule has 1 atom stereocenters. The van der Waals surface area contributed by atoms with Gasteiger partial charge in [0.2, 0.25) is 0 Å². The molecule has 0 saturated heterocycles. The molecule has 2 N–H and O–H groups in total. The lowest BCUT2D eigenvalue weighted by Crippen LogP contribution is -2.51. The molecular formula is C22H22ClN3O. The lowest BCUT2D eigenvalue weighted by molar-refractivity contribution is -0.135. The highest BCUT2D eigenvalue weighted by Crippen LogP contribution is 2.53. The molecular weight excluding hydrogens is 358 g/mol. The minimum atomic E-state index is -0.853. The number of aliphatic imine (C=N–C) groups is 1. The van der Waals surface area contributed by atoms with Crippen molar-refractivity contribution in [2.75, 3.05) is 0 Å². The molecule has 1 aliphatic heterocycles. The number of nitrogens with zero attached hydrogens (tertiary/aromatic N) is 2. The van der Waals surface area contributed by atoms with Gasteiger partial charge in [0, 0.05) is 11.1 Å². The Hall–Kier alpha value is -2.33. The van der Waals surface area contributed by atoms with Crippen molar-refractivity contribution >= 4 is 23.5 Å². The van der Waals surface area contributed by atoms with E-state index >= 15 is 0 Å². The number of carbonyl (C=O) groups is 1. The zero-order valence-electron chi connectivity index (χ0n) is 15.1. The molecule has 1 unspecified atom stereocenters. The van der Waals surface area contributed by atoms with Crippen LogP contribution in [0, 0.1) is 5.92 Å². The topological polar surface area (TPSA) is 58.7 Å². The van der Waals surface area contributed by atoms with E-state index in [-0.39, 0.29) is 17.9 Å². The molecule has 27 heavy (non-hydrogen) atoms. The Balaban J connectivity index is 1.59. The van der Waals surface area contributed by atoms with Crippen molar-refractivity contribution in [2.24, 2.45) is 16.6 Å². The van der Waals surface area contributed by atoms with Crippen molar-refractivity contribution in [3.05, 3.63) is 59.1 Å². The first-order valence-corrected chi connectivity index (χ1v) is 10.0. The fourth-order valence-corrected chi connectivity index (χ4v) is 4.55. The summed E-state index contributed by atoms with van der Waals surface area (Å²) in [6, 6.07) is 16.2. The smallest absolute Gasteiger partial charge is 0.262 e.